The molecule has 0 aliphatic carbocycles. The van der Waals surface area contributed by atoms with Crippen LogP contribution in [0.1, 0.15) is 6.23 Å². The lowest BCUT2D eigenvalue weighted by atomic mass is 10.3. The summed E-state index contributed by atoms with van der Waals surface area (Å²) in [6.07, 6.45) is -1.64. The number of benzene rings is 1. The Morgan fingerprint density at radius 2 is 1.93 bits per heavy atom. The third-order valence-corrected chi connectivity index (χ3v) is 3.25. The van der Waals surface area contributed by atoms with Gasteiger partial charge in [-0.15, -0.1) is 0 Å². The molecular formula is C15H14ClN3O8. The maximum Gasteiger partial charge on any atom is 0.503 e. The number of nitrogens with zero attached hydrogens (tertiary/aromatic N) is 2. The van der Waals surface area contributed by atoms with Gasteiger partial charge in [-0.2, -0.15) is 4.98 Å². The van der Waals surface area contributed by atoms with E-state index in [1.807, 2.05) is 0 Å². The Kier molecular flexibility index (Phi) is 7.11. The maximum atomic E-state index is 11.9. The Hall–Kier alpha value is -3.15. The Bertz CT molecular complexity index is 845. The summed E-state index contributed by atoms with van der Waals surface area (Å²) in [7, 11) is 0. The molecule has 3 rings (SSSR count). The first-order chi connectivity index (χ1) is 12.8. The molecule has 3 N–H and O–H groups in total. The Balaban J connectivity index is 0.000000596. The van der Waals surface area contributed by atoms with Crippen molar-refractivity contribution >= 4 is 29.7 Å². The first kappa shape index (κ1) is 20.2. The monoisotopic (exact) mass is 399 g/mol. The van der Waals surface area contributed by atoms with Crippen LogP contribution in [0.25, 0.3) is 0 Å². The molecule has 12 heteroatoms. The van der Waals surface area contributed by atoms with Gasteiger partial charge in [-0.25, -0.2) is 14.4 Å². The lowest BCUT2D eigenvalue weighted by Gasteiger charge is -2.11. The molecule has 1 aliphatic heterocycles. The van der Waals surface area contributed by atoms with Crippen LogP contribution in [0.15, 0.2) is 41.3 Å². The second kappa shape index (κ2) is 9.52. The molecule has 11 nitrogen and oxygen atoms in total. The van der Waals surface area contributed by atoms with E-state index in [1.165, 1.54) is 16.8 Å². The Morgan fingerprint density at radius 1 is 1.26 bits per heavy atom. The normalized spacial score (nSPS) is 15.4. The zero-order chi connectivity index (χ0) is 19.8. The van der Waals surface area contributed by atoms with Crippen molar-refractivity contribution < 1.29 is 34.0 Å². The van der Waals surface area contributed by atoms with Gasteiger partial charge < -0.3 is 24.4 Å². The highest BCUT2D eigenvalue weighted by Crippen LogP contribution is 2.16. The second-order valence-corrected chi connectivity index (χ2v) is 5.30. The minimum atomic E-state index is -1.83. The number of carboxylic acid groups (broad SMARTS) is 2. The number of carbonyl (C=O) groups excluding carboxylic acids is 1. The fourth-order valence-electron chi connectivity index (χ4n) is 1.93. The number of nitrogens with one attached hydrogen (secondary N) is 1. The van der Waals surface area contributed by atoms with Crippen molar-refractivity contribution in [3.05, 3.63) is 52.0 Å². The average molecular weight is 400 g/mol. The van der Waals surface area contributed by atoms with Gasteiger partial charge in [-0.1, -0.05) is 11.6 Å². The van der Waals surface area contributed by atoms with Crippen LogP contribution in [-0.2, 0) is 9.47 Å². The van der Waals surface area contributed by atoms with E-state index >= 15 is 0 Å². The quantitative estimate of drug-likeness (QED) is 0.705. The molecule has 1 aromatic heterocycles. The Morgan fingerprint density at radius 3 is 2.48 bits per heavy atom. The van der Waals surface area contributed by atoms with E-state index in [4.69, 9.17) is 40.8 Å². The third-order valence-electron chi connectivity index (χ3n) is 3.00. The highest BCUT2D eigenvalue weighted by atomic mass is 35.5. The highest BCUT2D eigenvalue weighted by molar-refractivity contribution is 6.30. The fourth-order valence-corrected chi connectivity index (χ4v) is 2.05. The number of carbonyl (C=O) groups is 2. The Labute approximate surface area is 156 Å². The minimum Gasteiger partial charge on any atom is -0.450 e. The van der Waals surface area contributed by atoms with Crippen LogP contribution in [0.4, 0.5) is 15.4 Å². The summed E-state index contributed by atoms with van der Waals surface area (Å²) in [5, 5.41) is 16.8. The second-order valence-electron chi connectivity index (χ2n) is 4.86. The van der Waals surface area contributed by atoms with Gasteiger partial charge in [0, 0.05) is 11.2 Å². The van der Waals surface area contributed by atoms with E-state index in [0.29, 0.717) is 10.8 Å². The van der Waals surface area contributed by atoms with E-state index in [0.717, 1.165) is 0 Å². The smallest absolute Gasteiger partial charge is 0.450 e. The summed E-state index contributed by atoms with van der Waals surface area (Å²) < 4.78 is 16.6. The van der Waals surface area contributed by atoms with Gasteiger partial charge in [0.25, 0.3) is 0 Å². The molecule has 144 valence electrons. The van der Waals surface area contributed by atoms with Crippen LogP contribution in [0.3, 0.4) is 0 Å². The van der Waals surface area contributed by atoms with Gasteiger partial charge in [0.05, 0.1) is 6.61 Å². The molecule has 1 atom stereocenters. The summed E-state index contributed by atoms with van der Waals surface area (Å²) in [5.41, 5.74) is -0.565. The zero-order valence-electron chi connectivity index (χ0n) is 13.6. The molecule has 0 spiro atoms. The predicted molar refractivity (Wildman–Crippen MR) is 91.2 cm³/mol. The molecule has 1 aliphatic rings. The van der Waals surface area contributed by atoms with E-state index in [9.17, 15) is 9.59 Å². The van der Waals surface area contributed by atoms with E-state index in [2.05, 4.69) is 10.3 Å². The van der Waals surface area contributed by atoms with Crippen LogP contribution in [0.5, 0.6) is 5.75 Å². The molecule has 0 radical (unpaired) electrons. The highest BCUT2D eigenvalue weighted by Gasteiger charge is 2.19. The van der Waals surface area contributed by atoms with Crippen molar-refractivity contribution in [3.8, 4) is 5.75 Å². The van der Waals surface area contributed by atoms with Gasteiger partial charge in [-0.05, 0) is 30.3 Å². The predicted octanol–water partition coefficient (Wildman–Crippen LogP) is 2.23. The standard InChI is InChI=1S/C14H12ClN3O5.CH2O3/c15-9-1-3-10(4-2-9)23-14(20)17-11-5-6-18(13(19)16-11)12-7-21-8-22-12;2-1(3)4/h1-6,12H,7-8H2,(H,16,17,19,20);(H2,2,3,4). The third kappa shape index (κ3) is 6.58. The molecule has 1 amide bonds. The number of amides is 1. The lowest BCUT2D eigenvalue weighted by molar-refractivity contribution is 0.0216. The van der Waals surface area contributed by atoms with Crippen LogP contribution < -0.4 is 15.7 Å². The first-order valence-electron chi connectivity index (χ1n) is 7.30. The first-order valence-corrected chi connectivity index (χ1v) is 7.68. The van der Waals surface area contributed by atoms with Crippen molar-refractivity contribution in [2.45, 2.75) is 6.23 Å². The molecular weight excluding hydrogens is 386 g/mol. The zero-order valence-corrected chi connectivity index (χ0v) is 14.3. The van der Waals surface area contributed by atoms with Crippen LogP contribution in [0, 0.1) is 0 Å². The molecule has 1 aromatic carbocycles. The van der Waals surface area contributed by atoms with Crippen molar-refractivity contribution in [1.82, 2.24) is 9.55 Å². The van der Waals surface area contributed by atoms with Crippen molar-refractivity contribution in [2.75, 3.05) is 18.7 Å². The molecule has 1 fully saturated rings. The van der Waals surface area contributed by atoms with Gasteiger partial charge in [0.1, 0.15) is 18.4 Å². The van der Waals surface area contributed by atoms with E-state index < -0.39 is 24.2 Å². The number of halogens is 1. The van der Waals surface area contributed by atoms with Crippen LogP contribution in [0.2, 0.25) is 5.02 Å². The van der Waals surface area contributed by atoms with Gasteiger partial charge in [-0.3, -0.25) is 9.88 Å². The van der Waals surface area contributed by atoms with Gasteiger partial charge >= 0.3 is 17.9 Å². The summed E-state index contributed by atoms with van der Waals surface area (Å²) in [4.78, 5) is 36.0. The van der Waals surface area contributed by atoms with Crippen molar-refractivity contribution in [1.29, 1.82) is 0 Å². The summed E-state index contributed by atoms with van der Waals surface area (Å²) >= 11 is 5.74. The largest absolute Gasteiger partial charge is 0.503 e. The SMILES string of the molecule is O=C(Nc1ccn(C2COCO2)c(=O)n1)Oc1ccc(Cl)cc1.O=C(O)O. The summed E-state index contributed by atoms with van der Waals surface area (Å²) in [6, 6.07) is 7.74. The fraction of sp³-hybridized carbons (Fsp3) is 0.200. The number of rotatable bonds is 3. The lowest BCUT2D eigenvalue weighted by Crippen LogP contribution is -2.29. The molecule has 2 aromatic rings. The van der Waals surface area contributed by atoms with Crippen molar-refractivity contribution in [3.63, 3.8) is 0 Å². The van der Waals surface area contributed by atoms with Crippen LogP contribution >= 0.6 is 11.6 Å². The molecule has 27 heavy (non-hydrogen) atoms. The number of hydrogen-bond donors (Lipinski definition) is 3. The minimum absolute atomic E-state index is 0.0733. The average Bonchev–Trinajstić information content (AvgIpc) is 3.11. The molecule has 0 bridgehead atoms. The van der Waals surface area contributed by atoms with Gasteiger partial charge in [0.2, 0.25) is 0 Å². The summed E-state index contributed by atoms with van der Waals surface area (Å²) in [6.45, 7) is 0.400. The number of aromatic nitrogens is 2. The van der Waals surface area contributed by atoms with Crippen molar-refractivity contribution in [2.24, 2.45) is 0 Å². The topological polar surface area (TPSA) is 149 Å². The molecule has 2 heterocycles. The van der Waals surface area contributed by atoms with E-state index in [-0.39, 0.29) is 19.2 Å². The number of anilines is 1. The summed E-state index contributed by atoms with van der Waals surface area (Å²) in [5.74, 6) is 0.390. The van der Waals surface area contributed by atoms with Crippen LogP contribution in [-0.4, -0.2) is 45.4 Å². The molecule has 1 unspecified atom stereocenters. The maximum absolute atomic E-state index is 11.9. The van der Waals surface area contributed by atoms with Gasteiger partial charge in [0.15, 0.2) is 6.23 Å². The van der Waals surface area contributed by atoms with E-state index in [1.54, 1.807) is 24.3 Å². The number of hydrogen-bond acceptors (Lipinski definition) is 7. The number of ether oxygens (including phenoxy) is 3. The molecule has 1 saturated heterocycles. The molecule has 0 saturated carbocycles.